The second kappa shape index (κ2) is 9.94. The Labute approximate surface area is 187 Å². The molecular weight excluding hydrogens is 466 g/mol. The van der Waals surface area contributed by atoms with Gasteiger partial charge in [-0.05, 0) is 62.0 Å². The third kappa shape index (κ3) is 5.22. The van der Waals surface area contributed by atoms with E-state index in [4.69, 9.17) is 0 Å². The molecular formula is C22H28BrN3O3S. The zero-order chi connectivity index (χ0) is 21.7. The van der Waals surface area contributed by atoms with Crippen LogP contribution < -0.4 is 9.21 Å². The third-order valence-corrected chi connectivity index (χ3v) is 7.76. The molecule has 0 aliphatic carbocycles. The van der Waals surface area contributed by atoms with E-state index in [-0.39, 0.29) is 11.7 Å². The van der Waals surface area contributed by atoms with Crippen LogP contribution in [0, 0.1) is 0 Å². The zero-order valence-corrected chi connectivity index (χ0v) is 19.8. The smallest absolute Gasteiger partial charge is 0.258 e. The molecule has 162 valence electrons. The number of carbonyl (C=O) groups is 1. The number of amides is 1. The Morgan fingerprint density at radius 1 is 1.07 bits per heavy atom. The highest BCUT2D eigenvalue weighted by atomic mass is 79.9. The molecule has 0 aromatic heterocycles. The highest BCUT2D eigenvalue weighted by molar-refractivity contribution is 9.10. The first-order chi connectivity index (χ1) is 14.4. The van der Waals surface area contributed by atoms with Crippen molar-refractivity contribution in [3.63, 3.8) is 0 Å². The van der Waals surface area contributed by atoms with Crippen LogP contribution in [-0.2, 0) is 10.0 Å². The maximum atomic E-state index is 13.4. The van der Waals surface area contributed by atoms with Crippen molar-refractivity contribution in [2.75, 3.05) is 47.7 Å². The summed E-state index contributed by atoms with van der Waals surface area (Å²) in [5, 5.41) is 0. The predicted molar refractivity (Wildman–Crippen MR) is 126 cm³/mol. The Balaban J connectivity index is 1.84. The summed E-state index contributed by atoms with van der Waals surface area (Å²) in [6, 6.07) is 14.6. The molecule has 0 bridgehead atoms. The number of rotatable bonds is 8. The number of hydrogen-bond acceptors (Lipinski definition) is 4. The van der Waals surface area contributed by atoms with Crippen molar-refractivity contribution >= 4 is 43.2 Å². The van der Waals surface area contributed by atoms with Gasteiger partial charge < -0.3 is 9.80 Å². The summed E-state index contributed by atoms with van der Waals surface area (Å²) in [6.45, 7) is 7.91. The quantitative estimate of drug-likeness (QED) is 0.557. The minimum absolute atomic E-state index is 0.101. The van der Waals surface area contributed by atoms with E-state index in [9.17, 15) is 13.2 Å². The molecule has 1 amide bonds. The largest absolute Gasteiger partial charge is 0.307 e. The van der Waals surface area contributed by atoms with Crippen molar-refractivity contribution < 1.29 is 13.2 Å². The van der Waals surface area contributed by atoms with Gasteiger partial charge >= 0.3 is 0 Å². The van der Waals surface area contributed by atoms with Crippen LogP contribution in [0.2, 0.25) is 0 Å². The fourth-order valence-corrected chi connectivity index (χ4v) is 5.58. The molecule has 1 aliphatic rings. The molecule has 2 aromatic carbocycles. The van der Waals surface area contributed by atoms with Gasteiger partial charge in [0.2, 0.25) is 10.0 Å². The summed E-state index contributed by atoms with van der Waals surface area (Å²) in [5.74, 6) is 0.0754. The van der Waals surface area contributed by atoms with Crippen LogP contribution in [0.3, 0.4) is 0 Å². The monoisotopic (exact) mass is 493 g/mol. The van der Waals surface area contributed by atoms with Gasteiger partial charge in [-0.3, -0.25) is 9.10 Å². The van der Waals surface area contributed by atoms with Gasteiger partial charge in [0.1, 0.15) is 0 Å². The summed E-state index contributed by atoms with van der Waals surface area (Å²) in [6.07, 6.45) is 0.630. The standard InChI is InChI=1S/C22H28BrN3O3S/c1-3-24(4-2)14-15-25(21-8-5-7-19(23)17-21)22(27)18-9-11-20(12-10-18)26-13-6-16-30(26,28)29/h5,7-12,17H,3-4,6,13-16H2,1-2H3. The fourth-order valence-electron chi connectivity index (χ4n) is 3.63. The lowest BCUT2D eigenvalue weighted by molar-refractivity contribution is 0.0984. The first kappa shape index (κ1) is 22.8. The molecule has 1 saturated heterocycles. The Hall–Kier alpha value is -1.90. The second-order valence-electron chi connectivity index (χ2n) is 7.25. The Morgan fingerprint density at radius 3 is 2.33 bits per heavy atom. The van der Waals surface area contributed by atoms with E-state index in [2.05, 4.69) is 34.7 Å². The molecule has 30 heavy (non-hydrogen) atoms. The summed E-state index contributed by atoms with van der Waals surface area (Å²) in [7, 11) is -3.23. The van der Waals surface area contributed by atoms with Gasteiger partial charge in [0.25, 0.3) is 5.91 Å². The average Bonchev–Trinajstić information content (AvgIpc) is 3.10. The van der Waals surface area contributed by atoms with Crippen molar-refractivity contribution in [1.82, 2.24) is 4.90 Å². The van der Waals surface area contributed by atoms with Gasteiger partial charge in [-0.1, -0.05) is 35.8 Å². The summed E-state index contributed by atoms with van der Waals surface area (Å²) in [4.78, 5) is 17.4. The maximum absolute atomic E-state index is 13.4. The van der Waals surface area contributed by atoms with Gasteiger partial charge in [-0.15, -0.1) is 0 Å². The lowest BCUT2D eigenvalue weighted by Gasteiger charge is -2.27. The van der Waals surface area contributed by atoms with Crippen molar-refractivity contribution in [1.29, 1.82) is 0 Å². The van der Waals surface area contributed by atoms with Crippen LogP contribution in [0.1, 0.15) is 30.6 Å². The SMILES string of the molecule is CCN(CC)CCN(C(=O)c1ccc(N2CCCS2(=O)=O)cc1)c1cccc(Br)c1. The molecule has 3 rings (SSSR count). The minimum atomic E-state index is -3.23. The molecule has 0 radical (unpaired) electrons. The molecule has 1 aliphatic heterocycles. The van der Waals surface area contributed by atoms with E-state index < -0.39 is 10.0 Å². The van der Waals surface area contributed by atoms with Crippen LogP contribution in [0.5, 0.6) is 0 Å². The first-order valence-corrected chi connectivity index (χ1v) is 12.7. The molecule has 8 heteroatoms. The Kier molecular flexibility index (Phi) is 7.55. The minimum Gasteiger partial charge on any atom is -0.307 e. The molecule has 0 atom stereocenters. The fraction of sp³-hybridized carbons (Fsp3) is 0.409. The number of benzene rings is 2. The van der Waals surface area contributed by atoms with Crippen molar-refractivity contribution in [3.8, 4) is 0 Å². The maximum Gasteiger partial charge on any atom is 0.258 e. The summed E-state index contributed by atoms with van der Waals surface area (Å²) < 4.78 is 26.6. The van der Waals surface area contributed by atoms with E-state index in [1.165, 1.54) is 4.31 Å². The molecule has 1 heterocycles. The number of likely N-dealkylation sites (N-methyl/N-ethyl adjacent to an activating group) is 1. The molecule has 0 N–H and O–H groups in total. The first-order valence-electron chi connectivity index (χ1n) is 10.3. The topological polar surface area (TPSA) is 60.9 Å². The third-order valence-electron chi connectivity index (χ3n) is 5.40. The van der Waals surface area contributed by atoms with E-state index >= 15 is 0 Å². The average molecular weight is 494 g/mol. The molecule has 6 nitrogen and oxygen atoms in total. The molecule has 0 saturated carbocycles. The molecule has 2 aromatic rings. The number of halogens is 1. The summed E-state index contributed by atoms with van der Waals surface area (Å²) >= 11 is 3.49. The lowest BCUT2D eigenvalue weighted by Crippen LogP contribution is -2.39. The van der Waals surface area contributed by atoms with E-state index in [0.717, 1.165) is 29.8 Å². The lowest BCUT2D eigenvalue weighted by atomic mass is 10.1. The van der Waals surface area contributed by atoms with Crippen molar-refractivity contribution in [3.05, 3.63) is 58.6 Å². The van der Waals surface area contributed by atoms with E-state index in [0.29, 0.717) is 30.8 Å². The second-order valence-corrected chi connectivity index (χ2v) is 10.2. The Bertz CT molecular complexity index is 975. The molecule has 0 unspecified atom stereocenters. The number of hydrogen-bond donors (Lipinski definition) is 0. The molecule has 1 fully saturated rings. The van der Waals surface area contributed by atoms with Gasteiger partial charge in [-0.2, -0.15) is 0 Å². The van der Waals surface area contributed by atoms with Crippen LogP contribution in [-0.4, -0.2) is 57.7 Å². The number of anilines is 2. The highest BCUT2D eigenvalue weighted by Crippen LogP contribution is 2.26. The van der Waals surface area contributed by atoms with Crippen molar-refractivity contribution in [2.24, 2.45) is 0 Å². The van der Waals surface area contributed by atoms with Gasteiger partial charge in [0.15, 0.2) is 0 Å². The Morgan fingerprint density at radius 2 is 1.77 bits per heavy atom. The van der Waals surface area contributed by atoms with Gasteiger partial charge in [-0.25, -0.2) is 8.42 Å². The van der Waals surface area contributed by atoms with Crippen LogP contribution in [0.15, 0.2) is 53.0 Å². The summed E-state index contributed by atoms with van der Waals surface area (Å²) in [5.41, 5.74) is 1.98. The van der Waals surface area contributed by atoms with Crippen molar-refractivity contribution in [2.45, 2.75) is 20.3 Å². The highest BCUT2D eigenvalue weighted by Gasteiger charge is 2.28. The van der Waals surface area contributed by atoms with E-state index in [1.54, 1.807) is 29.2 Å². The predicted octanol–water partition coefficient (Wildman–Crippen LogP) is 3.98. The van der Waals surface area contributed by atoms with Gasteiger partial charge in [0.05, 0.1) is 11.4 Å². The van der Waals surface area contributed by atoms with Crippen LogP contribution in [0.4, 0.5) is 11.4 Å². The zero-order valence-electron chi connectivity index (χ0n) is 17.4. The number of nitrogens with zero attached hydrogens (tertiary/aromatic N) is 3. The van der Waals surface area contributed by atoms with Crippen LogP contribution >= 0.6 is 15.9 Å². The van der Waals surface area contributed by atoms with Crippen LogP contribution in [0.25, 0.3) is 0 Å². The number of sulfonamides is 1. The van der Waals surface area contributed by atoms with Gasteiger partial charge in [0, 0.05) is 35.4 Å². The molecule has 0 spiro atoms. The normalized spacial score (nSPS) is 15.5. The number of carbonyl (C=O) groups excluding carboxylic acids is 1. The van der Waals surface area contributed by atoms with E-state index in [1.807, 2.05) is 24.3 Å².